The van der Waals surface area contributed by atoms with Gasteiger partial charge in [0.2, 0.25) is 0 Å². The zero-order chi connectivity index (χ0) is 14.0. The standard InChI is InChI=1S/C15H19NO3/c1-4-5-10(2)9-16-13-7-6-11(19-3)8-12(13)14(17)15(16)18/h6-8,10H,4-5,9H2,1-3H3. The molecule has 1 atom stereocenters. The third kappa shape index (κ3) is 2.48. The molecule has 2 rings (SSSR count). The number of methoxy groups -OCH3 is 1. The summed E-state index contributed by atoms with van der Waals surface area (Å²) in [5.41, 5.74) is 1.16. The van der Waals surface area contributed by atoms with E-state index in [1.807, 2.05) is 0 Å². The lowest BCUT2D eigenvalue weighted by Crippen LogP contribution is -2.33. The van der Waals surface area contributed by atoms with Crippen LogP contribution in [0.1, 0.15) is 37.0 Å². The van der Waals surface area contributed by atoms with E-state index in [1.54, 1.807) is 30.2 Å². The van der Waals surface area contributed by atoms with Crippen molar-refractivity contribution in [3.8, 4) is 5.75 Å². The second kappa shape index (κ2) is 5.43. The summed E-state index contributed by atoms with van der Waals surface area (Å²) < 4.78 is 5.10. The van der Waals surface area contributed by atoms with Crippen LogP contribution in [0.4, 0.5) is 5.69 Å². The van der Waals surface area contributed by atoms with Gasteiger partial charge >= 0.3 is 0 Å². The van der Waals surface area contributed by atoms with Crippen LogP contribution in [-0.4, -0.2) is 25.3 Å². The van der Waals surface area contributed by atoms with Crippen molar-refractivity contribution in [3.63, 3.8) is 0 Å². The van der Waals surface area contributed by atoms with Crippen LogP contribution in [0.5, 0.6) is 5.75 Å². The zero-order valence-electron chi connectivity index (χ0n) is 11.6. The number of carbonyl (C=O) groups excluding carboxylic acids is 2. The zero-order valence-corrected chi connectivity index (χ0v) is 11.6. The number of ether oxygens (including phenoxy) is 1. The van der Waals surface area contributed by atoms with Gasteiger partial charge in [0.1, 0.15) is 5.75 Å². The number of nitrogens with zero attached hydrogens (tertiary/aromatic N) is 1. The summed E-state index contributed by atoms with van der Waals surface area (Å²) >= 11 is 0. The number of anilines is 1. The van der Waals surface area contributed by atoms with E-state index in [-0.39, 0.29) is 0 Å². The summed E-state index contributed by atoms with van der Waals surface area (Å²) in [6.07, 6.45) is 2.12. The van der Waals surface area contributed by atoms with E-state index < -0.39 is 11.7 Å². The molecule has 19 heavy (non-hydrogen) atoms. The van der Waals surface area contributed by atoms with Gasteiger partial charge in [0.15, 0.2) is 0 Å². The Morgan fingerprint density at radius 3 is 2.68 bits per heavy atom. The molecule has 0 spiro atoms. The maximum atomic E-state index is 12.0. The number of carbonyl (C=O) groups is 2. The summed E-state index contributed by atoms with van der Waals surface area (Å²) in [5.74, 6) is 0.127. The van der Waals surface area contributed by atoms with Gasteiger partial charge in [0.05, 0.1) is 18.4 Å². The van der Waals surface area contributed by atoms with Crippen LogP contribution in [0.2, 0.25) is 0 Å². The van der Waals surface area contributed by atoms with Gasteiger partial charge in [0, 0.05) is 6.54 Å². The van der Waals surface area contributed by atoms with Gasteiger partial charge in [-0.3, -0.25) is 9.59 Å². The Bertz CT molecular complexity index is 510. The fourth-order valence-electron chi connectivity index (χ4n) is 2.48. The van der Waals surface area contributed by atoms with Crippen LogP contribution in [0.25, 0.3) is 0 Å². The largest absolute Gasteiger partial charge is 0.497 e. The van der Waals surface area contributed by atoms with Crippen LogP contribution in [0, 0.1) is 5.92 Å². The van der Waals surface area contributed by atoms with Crippen molar-refractivity contribution in [2.24, 2.45) is 5.92 Å². The molecule has 1 amide bonds. The van der Waals surface area contributed by atoms with Crippen molar-refractivity contribution in [2.45, 2.75) is 26.7 Å². The maximum Gasteiger partial charge on any atom is 0.299 e. The number of hydrogen-bond acceptors (Lipinski definition) is 3. The Hall–Kier alpha value is -1.84. The Balaban J connectivity index is 2.29. The van der Waals surface area contributed by atoms with Crippen molar-refractivity contribution < 1.29 is 14.3 Å². The summed E-state index contributed by atoms with van der Waals surface area (Å²) in [6.45, 7) is 4.81. The SMILES string of the molecule is CCCC(C)CN1C(=O)C(=O)c2cc(OC)ccc21. The van der Waals surface area contributed by atoms with E-state index in [1.165, 1.54) is 0 Å². The minimum absolute atomic E-state index is 0.384. The van der Waals surface area contributed by atoms with Gasteiger partial charge in [-0.1, -0.05) is 20.3 Å². The number of hydrogen-bond donors (Lipinski definition) is 0. The minimum atomic E-state index is -0.433. The van der Waals surface area contributed by atoms with E-state index in [4.69, 9.17) is 4.74 Å². The van der Waals surface area contributed by atoms with Crippen molar-refractivity contribution >= 4 is 17.4 Å². The van der Waals surface area contributed by atoms with Crippen LogP contribution >= 0.6 is 0 Å². The molecule has 4 nitrogen and oxygen atoms in total. The van der Waals surface area contributed by atoms with Crippen molar-refractivity contribution in [3.05, 3.63) is 23.8 Å². The fourth-order valence-corrected chi connectivity index (χ4v) is 2.48. The second-order valence-corrected chi connectivity index (χ2v) is 5.02. The third-order valence-corrected chi connectivity index (χ3v) is 3.45. The molecular weight excluding hydrogens is 242 g/mol. The average Bonchev–Trinajstić information content (AvgIpc) is 2.64. The molecule has 102 valence electrons. The van der Waals surface area contributed by atoms with Crippen LogP contribution < -0.4 is 9.64 Å². The van der Waals surface area contributed by atoms with Crippen molar-refractivity contribution in [1.82, 2.24) is 0 Å². The Morgan fingerprint density at radius 1 is 1.32 bits per heavy atom. The van der Waals surface area contributed by atoms with E-state index in [2.05, 4.69) is 13.8 Å². The van der Waals surface area contributed by atoms with E-state index >= 15 is 0 Å². The molecule has 0 saturated heterocycles. The Kier molecular flexibility index (Phi) is 3.88. The van der Waals surface area contributed by atoms with Gasteiger partial charge in [-0.15, -0.1) is 0 Å². The molecule has 0 aliphatic carbocycles. The first-order chi connectivity index (χ1) is 9.08. The minimum Gasteiger partial charge on any atom is -0.497 e. The highest BCUT2D eigenvalue weighted by atomic mass is 16.5. The molecule has 1 aromatic rings. The lowest BCUT2D eigenvalue weighted by molar-refractivity contribution is -0.114. The van der Waals surface area contributed by atoms with Gasteiger partial charge < -0.3 is 9.64 Å². The van der Waals surface area contributed by atoms with Gasteiger partial charge in [-0.05, 0) is 30.5 Å². The van der Waals surface area contributed by atoms with Crippen molar-refractivity contribution in [1.29, 1.82) is 0 Å². The Morgan fingerprint density at radius 2 is 2.05 bits per heavy atom. The summed E-state index contributed by atoms with van der Waals surface area (Å²) in [5, 5.41) is 0. The molecular formula is C15H19NO3. The Labute approximate surface area is 113 Å². The van der Waals surface area contributed by atoms with Crippen LogP contribution in [0.15, 0.2) is 18.2 Å². The molecule has 1 aliphatic heterocycles. The van der Waals surface area contributed by atoms with Gasteiger partial charge in [0.25, 0.3) is 11.7 Å². The van der Waals surface area contributed by atoms with Crippen LogP contribution in [-0.2, 0) is 4.79 Å². The molecule has 0 N–H and O–H groups in total. The quantitative estimate of drug-likeness (QED) is 0.765. The van der Waals surface area contributed by atoms with E-state index in [0.717, 1.165) is 12.8 Å². The molecule has 0 fully saturated rings. The molecule has 1 aliphatic rings. The highest BCUT2D eigenvalue weighted by Gasteiger charge is 2.36. The summed E-state index contributed by atoms with van der Waals surface area (Å²) in [6, 6.07) is 5.21. The summed E-state index contributed by atoms with van der Waals surface area (Å²) in [7, 11) is 1.55. The number of amides is 1. The van der Waals surface area contributed by atoms with Crippen LogP contribution in [0.3, 0.4) is 0 Å². The number of benzene rings is 1. The topological polar surface area (TPSA) is 46.6 Å². The molecule has 0 radical (unpaired) electrons. The maximum absolute atomic E-state index is 12.0. The number of rotatable bonds is 5. The molecule has 0 saturated carbocycles. The van der Waals surface area contributed by atoms with Crippen molar-refractivity contribution in [2.75, 3.05) is 18.6 Å². The molecule has 1 unspecified atom stereocenters. The molecule has 1 aromatic carbocycles. The molecule has 4 heteroatoms. The normalized spacial score (nSPS) is 15.6. The second-order valence-electron chi connectivity index (χ2n) is 5.02. The average molecular weight is 261 g/mol. The van der Waals surface area contributed by atoms with Gasteiger partial charge in [-0.2, -0.15) is 0 Å². The lowest BCUT2D eigenvalue weighted by Gasteiger charge is -2.21. The molecule has 1 heterocycles. The number of fused-ring (bicyclic) bond motifs is 1. The van der Waals surface area contributed by atoms with Gasteiger partial charge in [-0.25, -0.2) is 0 Å². The first kappa shape index (κ1) is 13.6. The predicted octanol–water partition coefficient (Wildman–Crippen LogP) is 2.66. The monoisotopic (exact) mass is 261 g/mol. The van der Waals surface area contributed by atoms with E-state index in [9.17, 15) is 9.59 Å². The summed E-state index contributed by atoms with van der Waals surface area (Å²) in [4.78, 5) is 25.6. The molecule has 0 aromatic heterocycles. The first-order valence-corrected chi connectivity index (χ1v) is 6.62. The highest BCUT2D eigenvalue weighted by molar-refractivity contribution is 6.52. The third-order valence-electron chi connectivity index (χ3n) is 3.45. The number of ketones is 1. The highest BCUT2D eigenvalue weighted by Crippen LogP contribution is 2.32. The van der Waals surface area contributed by atoms with E-state index in [0.29, 0.717) is 29.5 Å². The predicted molar refractivity (Wildman–Crippen MR) is 73.7 cm³/mol. The number of Topliss-reactive ketones (excluding diaryl/α,β-unsaturated/α-hetero) is 1. The molecule has 0 bridgehead atoms. The lowest BCUT2D eigenvalue weighted by atomic mass is 10.1. The first-order valence-electron chi connectivity index (χ1n) is 6.62. The fraction of sp³-hybridized carbons (Fsp3) is 0.467. The smallest absolute Gasteiger partial charge is 0.299 e.